The zero-order valence-electron chi connectivity index (χ0n) is 10.2. The molecule has 2 aromatic rings. The fourth-order valence-corrected chi connectivity index (χ4v) is 1.96. The van der Waals surface area contributed by atoms with E-state index in [1.54, 1.807) is 18.2 Å². The molecule has 0 aliphatic rings. The second-order valence-electron chi connectivity index (χ2n) is 4.26. The van der Waals surface area contributed by atoms with Crippen LogP contribution in [-0.4, -0.2) is 12.0 Å². The van der Waals surface area contributed by atoms with E-state index >= 15 is 0 Å². The Hall–Kier alpha value is -2.17. The van der Waals surface area contributed by atoms with Crippen molar-refractivity contribution in [2.45, 2.75) is 12.1 Å². The van der Waals surface area contributed by atoms with Crippen LogP contribution in [0.15, 0.2) is 54.6 Å². The van der Waals surface area contributed by atoms with Crippen LogP contribution < -0.4 is 0 Å². The van der Waals surface area contributed by atoms with Gasteiger partial charge in [-0.2, -0.15) is 13.2 Å². The van der Waals surface area contributed by atoms with E-state index in [1.165, 1.54) is 24.3 Å². The van der Waals surface area contributed by atoms with Gasteiger partial charge in [-0.3, -0.25) is 4.79 Å². The number of Topliss-reactive ketones (excluding diaryl/α,β-unsaturated/α-hetero) is 1. The minimum Gasteiger partial charge on any atom is -0.288 e. The van der Waals surface area contributed by atoms with Gasteiger partial charge in [-0.1, -0.05) is 42.5 Å². The number of carbonyl (C=O) groups is 1. The Morgan fingerprint density at radius 3 is 1.85 bits per heavy atom. The zero-order valence-corrected chi connectivity index (χ0v) is 10.2. The topological polar surface area (TPSA) is 17.1 Å². The van der Waals surface area contributed by atoms with Crippen LogP contribution in [0, 0.1) is 5.82 Å². The highest BCUT2D eigenvalue weighted by atomic mass is 19.4. The number of hydrogen-bond donors (Lipinski definition) is 0. The summed E-state index contributed by atoms with van der Waals surface area (Å²) in [4.78, 5) is 11.6. The maximum absolute atomic E-state index is 12.9. The van der Waals surface area contributed by atoms with Crippen molar-refractivity contribution in [2.24, 2.45) is 0 Å². The van der Waals surface area contributed by atoms with Crippen LogP contribution in [0.2, 0.25) is 0 Å². The molecule has 1 nitrogen and oxygen atoms in total. The molecule has 0 radical (unpaired) electrons. The van der Waals surface area contributed by atoms with E-state index in [9.17, 15) is 22.4 Å². The Morgan fingerprint density at radius 2 is 1.35 bits per heavy atom. The number of benzene rings is 2. The molecule has 0 N–H and O–H groups in total. The highest BCUT2D eigenvalue weighted by molar-refractivity contribution is 5.93. The van der Waals surface area contributed by atoms with Gasteiger partial charge in [0.05, 0.1) is 5.92 Å². The summed E-state index contributed by atoms with van der Waals surface area (Å²) in [6.45, 7) is 0. The Bertz CT molecular complexity index is 588. The van der Waals surface area contributed by atoms with Crippen LogP contribution in [0.4, 0.5) is 17.6 Å². The predicted molar refractivity (Wildman–Crippen MR) is 65.7 cm³/mol. The van der Waals surface area contributed by atoms with Crippen molar-refractivity contribution in [1.29, 1.82) is 0 Å². The molecule has 0 saturated heterocycles. The van der Waals surface area contributed by atoms with Crippen molar-refractivity contribution in [3.05, 3.63) is 71.5 Å². The lowest BCUT2D eigenvalue weighted by molar-refractivity contribution is -0.171. The largest absolute Gasteiger partial charge is 0.450 e. The highest BCUT2D eigenvalue weighted by Gasteiger charge is 2.44. The fourth-order valence-electron chi connectivity index (χ4n) is 1.96. The van der Waals surface area contributed by atoms with E-state index in [0.29, 0.717) is 0 Å². The van der Waals surface area contributed by atoms with Gasteiger partial charge >= 0.3 is 6.18 Å². The molecule has 5 heteroatoms. The van der Waals surface area contributed by atoms with E-state index in [1.807, 2.05) is 0 Å². The molecule has 0 amide bonds. The molecule has 0 heterocycles. The molecule has 20 heavy (non-hydrogen) atoms. The van der Waals surface area contributed by atoms with Crippen molar-refractivity contribution in [3.63, 3.8) is 0 Å². The Morgan fingerprint density at radius 1 is 0.850 bits per heavy atom. The van der Waals surface area contributed by atoms with Gasteiger partial charge in [-0.05, 0) is 23.3 Å². The van der Waals surface area contributed by atoms with E-state index in [-0.39, 0.29) is 11.1 Å². The Balaban J connectivity index is 2.50. The molecule has 0 aliphatic heterocycles. The highest BCUT2D eigenvalue weighted by Crippen LogP contribution is 2.32. The van der Waals surface area contributed by atoms with E-state index in [2.05, 4.69) is 0 Å². The third-order valence-corrected chi connectivity index (χ3v) is 2.88. The monoisotopic (exact) mass is 282 g/mol. The second-order valence-corrected chi connectivity index (χ2v) is 4.26. The molecule has 0 bridgehead atoms. The van der Waals surface area contributed by atoms with Crippen LogP contribution in [-0.2, 0) is 4.79 Å². The number of hydrogen-bond acceptors (Lipinski definition) is 1. The zero-order chi connectivity index (χ0) is 14.8. The van der Waals surface area contributed by atoms with Gasteiger partial charge in [0.2, 0.25) is 5.78 Å². The molecule has 0 spiro atoms. The number of rotatable bonds is 3. The minimum absolute atomic E-state index is 0.111. The first kappa shape index (κ1) is 14.2. The van der Waals surface area contributed by atoms with E-state index in [0.717, 1.165) is 12.1 Å². The van der Waals surface area contributed by atoms with Crippen molar-refractivity contribution < 1.29 is 22.4 Å². The molecule has 104 valence electrons. The number of ketones is 1. The summed E-state index contributed by atoms with van der Waals surface area (Å²) >= 11 is 0. The summed E-state index contributed by atoms with van der Waals surface area (Å²) in [6.07, 6.45) is -4.95. The molecule has 1 atom stereocenters. The van der Waals surface area contributed by atoms with Crippen molar-refractivity contribution in [1.82, 2.24) is 0 Å². The summed E-state index contributed by atoms with van der Waals surface area (Å²) in [7, 11) is 0. The average Bonchev–Trinajstić information content (AvgIpc) is 2.41. The molecule has 0 aliphatic carbocycles. The third kappa shape index (κ3) is 3.04. The van der Waals surface area contributed by atoms with Crippen LogP contribution in [0.25, 0.3) is 0 Å². The molecule has 2 rings (SSSR count). The van der Waals surface area contributed by atoms with Gasteiger partial charge in [0.15, 0.2) is 0 Å². The number of carbonyl (C=O) groups excluding carboxylic acids is 1. The maximum atomic E-state index is 12.9. The molecule has 0 aromatic heterocycles. The SMILES string of the molecule is O=C(C(c1ccccc1)c1ccc(F)cc1)C(F)(F)F. The lowest BCUT2D eigenvalue weighted by atomic mass is 9.87. The Kier molecular flexibility index (Phi) is 3.88. The maximum Gasteiger partial charge on any atom is 0.450 e. The second kappa shape index (κ2) is 5.45. The first-order chi connectivity index (χ1) is 9.39. The summed E-state index contributed by atoms with van der Waals surface area (Å²) in [5.74, 6) is -3.91. The fraction of sp³-hybridized carbons (Fsp3) is 0.133. The smallest absolute Gasteiger partial charge is 0.288 e. The number of halogens is 4. The van der Waals surface area contributed by atoms with Crippen LogP contribution in [0.1, 0.15) is 17.0 Å². The molecule has 0 fully saturated rings. The van der Waals surface area contributed by atoms with Crippen LogP contribution >= 0.6 is 0 Å². The summed E-state index contributed by atoms with van der Waals surface area (Å²) in [5.41, 5.74) is 0.335. The predicted octanol–water partition coefficient (Wildman–Crippen LogP) is 4.09. The Labute approximate surface area is 112 Å². The first-order valence-electron chi connectivity index (χ1n) is 5.81. The van der Waals surface area contributed by atoms with Crippen LogP contribution in [0.5, 0.6) is 0 Å². The van der Waals surface area contributed by atoms with Gasteiger partial charge < -0.3 is 0 Å². The number of alkyl halides is 3. The van der Waals surface area contributed by atoms with E-state index in [4.69, 9.17) is 0 Å². The average molecular weight is 282 g/mol. The summed E-state index contributed by atoms with van der Waals surface area (Å²) in [5, 5.41) is 0. The molecule has 2 aromatic carbocycles. The molecular weight excluding hydrogens is 272 g/mol. The third-order valence-electron chi connectivity index (χ3n) is 2.88. The van der Waals surface area contributed by atoms with Gasteiger partial charge in [0, 0.05) is 0 Å². The van der Waals surface area contributed by atoms with Gasteiger partial charge in [0.1, 0.15) is 5.82 Å². The van der Waals surface area contributed by atoms with Crippen molar-refractivity contribution in [3.8, 4) is 0 Å². The first-order valence-corrected chi connectivity index (χ1v) is 5.81. The van der Waals surface area contributed by atoms with E-state index < -0.39 is 23.7 Å². The van der Waals surface area contributed by atoms with Gasteiger partial charge in [-0.15, -0.1) is 0 Å². The molecule has 0 saturated carbocycles. The standard InChI is InChI=1S/C15H10F4O/c16-12-8-6-11(7-9-12)13(14(20)15(17,18)19)10-4-2-1-3-5-10/h1-9,13H. The van der Waals surface area contributed by atoms with Crippen molar-refractivity contribution in [2.75, 3.05) is 0 Å². The summed E-state index contributed by atoms with van der Waals surface area (Å²) in [6, 6.07) is 12.1. The minimum atomic E-state index is -4.95. The van der Waals surface area contributed by atoms with Crippen molar-refractivity contribution >= 4 is 5.78 Å². The summed E-state index contributed by atoms with van der Waals surface area (Å²) < 4.78 is 51.1. The normalized spacial score (nSPS) is 13.0. The lowest BCUT2D eigenvalue weighted by Crippen LogP contribution is -2.29. The quantitative estimate of drug-likeness (QED) is 0.775. The van der Waals surface area contributed by atoms with Crippen LogP contribution in [0.3, 0.4) is 0 Å². The van der Waals surface area contributed by atoms with Gasteiger partial charge in [-0.25, -0.2) is 4.39 Å². The molecular formula is C15H10F4O. The lowest BCUT2D eigenvalue weighted by Gasteiger charge is -2.18. The van der Waals surface area contributed by atoms with Gasteiger partial charge in [0.25, 0.3) is 0 Å². The molecule has 1 unspecified atom stereocenters.